The first-order chi connectivity index (χ1) is 9.29. The number of hydrogen-bond donors (Lipinski definition) is 1. The molecule has 1 atom stereocenters. The summed E-state index contributed by atoms with van der Waals surface area (Å²) in [6.07, 6.45) is 1.50. The monoisotopic (exact) mass is 362 g/mol. The maximum Gasteiger partial charge on any atom is 0.241 e. The fraction of sp³-hybridized carbons (Fsp3) is 0.250. The molecule has 0 saturated heterocycles. The highest BCUT2D eigenvalue weighted by molar-refractivity contribution is 9.10. The quantitative estimate of drug-likeness (QED) is 0.907. The third kappa shape index (κ3) is 3.25. The molecular weight excluding hydrogens is 351 g/mol. The largest absolute Gasteiger partial charge is 0.444 e. The van der Waals surface area contributed by atoms with Crippen LogP contribution < -0.4 is 4.72 Å². The van der Waals surface area contributed by atoms with Gasteiger partial charge >= 0.3 is 0 Å². The van der Waals surface area contributed by atoms with Gasteiger partial charge in [0.05, 0.1) is 21.6 Å². The van der Waals surface area contributed by atoms with Crippen LogP contribution in [0.1, 0.15) is 24.6 Å². The Balaban J connectivity index is 2.24. The van der Waals surface area contributed by atoms with Gasteiger partial charge in [-0.1, -0.05) is 0 Å². The molecule has 1 N–H and O–H groups in total. The Morgan fingerprint density at radius 1 is 1.45 bits per heavy atom. The van der Waals surface area contributed by atoms with Gasteiger partial charge < -0.3 is 4.42 Å². The van der Waals surface area contributed by atoms with E-state index in [-0.39, 0.29) is 15.3 Å². The van der Waals surface area contributed by atoms with Gasteiger partial charge in [0.1, 0.15) is 11.6 Å². The predicted octanol–water partition coefficient (Wildman–Crippen LogP) is 2.92. The summed E-state index contributed by atoms with van der Waals surface area (Å²) in [6.45, 7) is 3.31. The highest BCUT2D eigenvalue weighted by Gasteiger charge is 2.22. The third-order valence-electron chi connectivity index (χ3n) is 2.54. The van der Waals surface area contributed by atoms with Crippen LogP contribution in [-0.2, 0) is 10.0 Å². The molecule has 2 aromatic rings. The molecule has 0 saturated carbocycles. The van der Waals surface area contributed by atoms with Crippen LogP contribution in [0.2, 0.25) is 0 Å². The van der Waals surface area contributed by atoms with E-state index in [4.69, 9.17) is 4.42 Å². The number of nitrogens with one attached hydrogen (secondary N) is 1. The standard InChI is InChI=1S/C12H12BrFN2O3S/c1-7-6-15-12(19-7)8(2)16-20(17,18)9-3-4-10(13)11(14)5-9/h3-6,8,16H,1-2H3. The molecule has 0 amide bonds. The highest BCUT2D eigenvalue weighted by atomic mass is 79.9. The molecule has 0 bridgehead atoms. The van der Waals surface area contributed by atoms with Gasteiger partial charge in [-0.05, 0) is 48.0 Å². The van der Waals surface area contributed by atoms with Gasteiger partial charge in [0.25, 0.3) is 0 Å². The molecule has 108 valence electrons. The van der Waals surface area contributed by atoms with Gasteiger partial charge in [-0.3, -0.25) is 0 Å². The zero-order valence-corrected chi connectivity index (χ0v) is 13.1. The summed E-state index contributed by atoms with van der Waals surface area (Å²) >= 11 is 2.97. The minimum atomic E-state index is -3.85. The second-order valence-corrected chi connectivity index (χ2v) is 6.80. The number of hydrogen-bond acceptors (Lipinski definition) is 4. The lowest BCUT2D eigenvalue weighted by Gasteiger charge is -2.11. The van der Waals surface area contributed by atoms with Gasteiger partial charge in [0, 0.05) is 0 Å². The lowest BCUT2D eigenvalue weighted by atomic mass is 10.3. The zero-order chi connectivity index (χ0) is 14.9. The van der Waals surface area contributed by atoms with Crippen LogP contribution in [0.15, 0.2) is 38.2 Å². The van der Waals surface area contributed by atoms with E-state index in [9.17, 15) is 12.8 Å². The Bertz CT molecular complexity index is 730. The van der Waals surface area contributed by atoms with Crippen LogP contribution in [0, 0.1) is 12.7 Å². The van der Waals surface area contributed by atoms with Gasteiger partial charge in [0.15, 0.2) is 0 Å². The Kier molecular flexibility index (Phi) is 4.26. The molecular formula is C12H12BrFN2O3S. The van der Waals surface area contributed by atoms with Gasteiger partial charge in [-0.15, -0.1) is 0 Å². The van der Waals surface area contributed by atoms with Crippen LogP contribution in [0.3, 0.4) is 0 Å². The molecule has 8 heteroatoms. The van der Waals surface area contributed by atoms with E-state index in [0.29, 0.717) is 5.76 Å². The summed E-state index contributed by atoms with van der Waals surface area (Å²) in [4.78, 5) is 3.79. The number of oxazole rings is 1. The first-order valence-electron chi connectivity index (χ1n) is 5.69. The fourth-order valence-corrected chi connectivity index (χ4v) is 3.02. The highest BCUT2D eigenvalue weighted by Crippen LogP contribution is 2.21. The minimum Gasteiger partial charge on any atom is -0.444 e. The normalized spacial score (nSPS) is 13.4. The number of nitrogens with zero attached hydrogens (tertiary/aromatic N) is 1. The molecule has 1 aromatic carbocycles. The van der Waals surface area contributed by atoms with Crippen molar-refractivity contribution in [2.45, 2.75) is 24.8 Å². The number of benzene rings is 1. The van der Waals surface area contributed by atoms with Crippen molar-refractivity contribution in [2.24, 2.45) is 0 Å². The zero-order valence-electron chi connectivity index (χ0n) is 10.7. The average molecular weight is 363 g/mol. The summed E-state index contributed by atoms with van der Waals surface area (Å²) in [5.74, 6) is 0.192. The number of rotatable bonds is 4. The van der Waals surface area contributed by atoms with Crippen molar-refractivity contribution in [3.63, 3.8) is 0 Å². The molecule has 1 unspecified atom stereocenters. The Morgan fingerprint density at radius 2 is 2.15 bits per heavy atom. The molecule has 0 aliphatic heterocycles. The van der Waals surface area contributed by atoms with E-state index in [1.807, 2.05) is 0 Å². The smallest absolute Gasteiger partial charge is 0.241 e. The number of sulfonamides is 1. The minimum absolute atomic E-state index is 0.159. The van der Waals surface area contributed by atoms with E-state index >= 15 is 0 Å². The summed E-state index contributed by atoms with van der Waals surface area (Å²) in [5, 5.41) is 0. The first kappa shape index (κ1) is 15.1. The van der Waals surface area contributed by atoms with E-state index in [2.05, 4.69) is 25.6 Å². The summed E-state index contributed by atoms with van der Waals surface area (Å²) in [6, 6.07) is 2.94. The van der Waals surface area contributed by atoms with Crippen molar-refractivity contribution in [2.75, 3.05) is 0 Å². The van der Waals surface area contributed by atoms with Crippen molar-refractivity contribution in [3.8, 4) is 0 Å². The van der Waals surface area contributed by atoms with Gasteiger partial charge in [-0.2, -0.15) is 4.72 Å². The second kappa shape index (κ2) is 5.63. The lowest BCUT2D eigenvalue weighted by Crippen LogP contribution is -2.27. The maximum atomic E-state index is 13.4. The molecule has 0 aliphatic rings. The number of aryl methyl sites for hydroxylation is 1. The topological polar surface area (TPSA) is 72.2 Å². The van der Waals surface area contributed by atoms with Crippen LogP contribution in [-0.4, -0.2) is 13.4 Å². The fourth-order valence-electron chi connectivity index (χ4n) is 1.57. The Morgan fingerprint density at radius 3 is 2.70 bits per heavy atom. The summed E-state index contributed by atoms with van der Waals surface area (Å²) in [7, 11) is -3.85. The molecule has 0 aliphatic carbocycles. The van der Waals surface area contributed by atoms with E-state index < -0.39 is 21.9 Å². The van der Waals surface area contributed by atoms with Crippen molar-refractivity contribution in [1.82, 2.24) is 9.71 Å². The SMILES string of the molecule is Cc1cnc(C(C)NS(=O)(=O)c2ccc(Br)c(F)c2)o1. The van der Waals surface area contributed by atoms with Crippen LogP contribution in [0.4, 0.5) is 4.39 Å². The molecule has 2 rings (SSSR count). The molecule has 1 aromatic heterocycles. The van der Waals surface area contributed by atoms with Crippen LogP contribution in [0.5, 0.6) is 0 Å². The third-order valence-corrected chi connectivity index (χ3v) is 4.72. The average Bonchev–Trinajstić information content (AvgIpc) is 2.79. The number of halogens is 2. The summed E-state index contributed by atoms with van der Waals surface area (Å²) in [5.41, 5.74) is 0. The van der Waals surface area contributed by atoms with Crippen molar-refractivity contribution in [3.05, 3.63) is 46.3 Å². The maximum absolute atomic E-state index is 13.4. The van der Waals surface area contributed by atoms with Gasteiger partial charge in [0.2, 0.25) is 15.9 Å². The van der Waals surface area contributed by atoms with E-state index in [1.165, 1.54) is 18.3 Å². The Hall–Kier alpha value is -1.25. The molecule has 1 heterocycles. The first-order valence-corrected chi connectivity index (χ1v) is 7.97. The number of aromatic nitrogens is 1. The molecule has 0 spiro atoms. The van der Waals surface area contributed by atoms with Crippen molar-refractivity contribution in [1.29, 1.82) is 0 Å². The van der Waals surface area contributed by atoms with E-state index in [0.717, 1.165) is 6.07 Å². The molecule has 0 fully saturated rings. The van der Waals surface area contributed by atoms with Crippen LogP contribution in [0.25, 0.3) is 0 Å². The molecule has 0 radical (unpaired) electrons. The summed E-state index contributed by atoms with van der Waals surface area (Å²) < 4.78 is 45.5. The lowest BCUT2D eigenvalue weighted by molar-refractivity contribution is 0.427. The molecule has 5 nitrogen and oxygen atoms in total. The predicted molar refractivity (Wildman–Crippen MR) is 74.1 cm³/mol. The molecule has 20 heavy (non-hydrogen) atoms. The van der Waals surface area contributed by atoms with Gasteiger partial charge in [-0.25, -0.2) is 17.8 Å². The Labute approximate surface area is 124 Å². The second-order valence-electron chi connectivity index (χ2n) is 4.23. The van der Waals surface area contributed by atoms with Crippen molar-refractivity contribution >= 4 is 26.0 Å². The van der Waals surface area contributed by atoms with E-state index in [1.54, 1.807) is 13.8 Å². The van der Waals surface area contributed by atoms with Crippen molar-refractivity contribution < 1.29 is 17.2 Å². The van der Waals surface area contributed by atoms with Crippen LogP contribution >= 0.6 is 15.9 Å².